The fraction of sp³-hybridized carbons (Fsp3) is 1.00. The minimum atomic E-state index is -3.01. The Morgan fingerprint density at radius 3 is 2.28 bits per heavy atom. The van der Waals surface area contributed by atoms with Gasteiger partial charge in [0.05, 0.1) is 5.75 Å². The topological polar surface area (TPSA) is 66.6 Å². The lowest BCUT2D eigenvalue weighted by Crippen LogP contribution is -2.49. The van der Waals surface area contributed by atoms with E-state index in [4.69, 9.17) is 5.73 Å². The SMILES string of the molecule is CCCCS(=O)(=O)N1CCN(CCCCN)CC1. The number of nitrogens with two attached hydrogens (primary N) is 1. The van der Waals surface area contributed by atoms with Crippen molar-refractivity contribution < 1.29 is 8.42 Å². The number of unbranched alkanes of at least 4 members (excludes halogenated alkanes) is 2. The summed E-state index contributed by atoms with van der Waals surface area (Å²) in [6, 6.07) is 0. The molecule has 1 aliphatic heterocycles. The van der Waals surface area contributed by atoms with Crippen LogP contribution in [0.25, 0.3) is 0 Å². The van der Waals surface area contributed by atoms with Crippen LogP contribution in [0.3, 0.4) is 0 Å². The number of hydrogen-bond acceptors (Lipinski definition) is 4. The molecule has 1 saturated heterocycles. The van der Waals surface area contributed by atoms with Gasteiger partial charge < -0.3 is 10.6 Å². The fourth-order valence-corrected chi connectivity index (χ4v) is 3.80. The zero-order valence-corrected chi connectivity index (χ0v) is 12.3. The van der Waals surface area contributed by atoms with Crippen LogP contribution < -0.4 is 5.73 Å². The molecule has 0 atom stereocenters. The zero-order valence-electron chi connectivity index (χ0n) is 11.5. The van der Waals surface area contributed by atoms with E-state index in [9.17, 15) is 8.42 Å². The van der Waals surface area contributed by atoms with E-state index >= 15 is 0 Å². The molecule has 0 aromatic rings. The zero-order chi connectivity index (χ0) is 13.4. The van der Waals surface area contributed by atoms with Crippen molar-refractivity contribution in [1.29, 1.82) is 0 Å². The average Bonchev–Trinajstić information content (AvgIpc) is 2.37. The van der Waals surface area contributed by atoms with Crippen LogP contribution in [0.2, 0.25) is 0 Å². The van der Waals surface area contributed by atoms with Crippen molar-refractivity contribution in [3.63, 3.8) is 0 Å². The van der Waals surface area contributed by atoms with Crippen molar-refractivity contribution in [2.75, 3.05) is 45.0 Å². The second kappa shape index (κ2) is 8.09. The van der Waals surface area contributed by atoms with E-state index in [1.807, 2.05) is 6.92 Å². The Kier molecular flexibility index (Phi) is 7.14. The van der Waals surface area contributed by atoms with Crippen molar-refractivity contribution in [2.24, 2.45) is 5.73 Å². The first-order chi connectivity index (χ1) is 8.60. The first kappa shape index (κ1) is 15.9. The van der Waals surface area contributed by atoms with Gasteiger partial charge in [-0.3, -0.25) is 0 Å². The molecule has 0 radical (unpaired) electrons. The summed E-state index contributed by atoms with van der Waals surface area (Å²) < 4.78 is 25.7. The molecule has 5 nitrogen and oxygen atoms in total. The first-order valence-corrected chi connectivity index (χ1v) is 8.61. The number of rotatable bonds is 8. The van der Waals surface area contributed by atoms with Crippen LogP contribution in [0.15, 0.2) is 0 Å². The Hall–Kier alpha value is -0.170. The summed E-state index contributed by atoms with van der Waals surface area (Å²) in [5.41, 5.74) is 5.46. The Bertz CT molecular complexity index is 311. The fourth-order valence-electron chi connectivity index (χ4n) is 2.17. The third-order valence-electron chi connectivity index (χ3n) is 3.41. The van der Waals surface area contributed by atoms with Crippen LogP contribution in [-0.2, 0) is 10.0 Å². The molecule has 0 aromatic carbocycles. The van der Waals surface area contributed by atoms with Gasteiger partial charge in [-0.15, -0.1) is 0 Å². The van der Waals surface area contributed by atoms with Crippen LogP contribution in [0, 0.1) is 0 Å². The Balaban J connectivity index is 2.30. The maximum atomic E-state index is 12.0. The van der Waals surface area contributed by atoms with Crippen LogP contribution in [0.1, 0.15) is 32.6 Å². The summed E-state index contributed by atoms with van der Waals surface area (Å²) in [6.07, 6.45) is 3.85. The predicted octanol–water partition coefficient (Wildman–Crippen LogP) is 0.473. The van der Waals surface area contributed by atoms with E-state index in [0.29, 0.717) is 18.8 Å². The molecule has 0 aromatic heterocycles. The molecule has 0 saturated carbocycles. The van der Waals surface area contributed by atoms with Crippen LogP contribution in [0.4, 0.5) is 0 Å². The lowest BCUT2D eigenvalue weighted by Gasteiger charge is -2.34. The highest BCUT2D eigenvalue weighted by molar-refractivity contribution is 7.89. The quantitative estimate of drug-likeness (QED) is 0.655. The van der Waals surface area contributed by atoms with Crippen LogP contribution in [-0.4, -0.2) is 62.6 Å². The minimum Gasteiger partial charge on any atom is -0.330 e. The molecule has 108 valence electrons. The number of sulfonamides is 1. The predicted molar refractivity (Wildman–Crippen MR) is 75.0 cm³/mol. The van der Waals surface area contributed by atoms with Gasteiger partial charge in [0.15, 0.2) is 0 Å². The smallest absolute Gasteiger partial charge is 0.214 e. The Morgan fingerprint density at radius 1 is 1.06 bits per heavy atom. The van der Waals surface area contributed by atoms with Crippen molar-refractivity contribution >= 4 is 10.0 Å². The Labute approximate surface area is 111 Å². The van der Waals surface area contributed by atoms with Gasteiger partial charge in [-0.25, -0.2) is 8.42 Å². The van der Waals surface area contributed by atoms with E-state index in [2.05, 4.69) is 4.90 Å². The van der Waals surface area contributed by atoms with Gasteiger partial charge in [0, 0.05) is 26.2 Å². The van der Waals surface area contributed by atoms with Crippen LogP contribution in [0.5, 0.6) is 0 Å². The molecule has 0 spiro atoms. The average molecular weight is 277 g/mol. The number of nitrogens with zero attached hydrogens (tertiary/aromatic N) is 2. The van der Waals surface area contributed by atoms with Gasteiger partial charge in [0.2, 0.25) is 10.0 Å². The molecule has 0 unspecified atom stereocenters. The minimum absolute atomic E-state index is 0.302. The standard InChI is InChI=1S/C12H27N3O2S/c1-2-3-12-18(16,17)15-10-8-14(9-11-15)7-5-4-6-13/h2-13H2,1H3. The highest BCUT2D eigenvalue weighted by Crippen LogP contribution is 2.10. The molecular weight excluding hydrogens is 250 g/mol. The summed E-state index contributed by atoms with van der Waals surface area (Å²) in [5, 5.41) is 0. The second-order valence-electron chi connectivity index (χ2n) is 4.91. The summed E-state index contributed by atoms with van der Waals surface area (Å²) in [4.78, 5) is 2.33. The molecule has 6 heteroatoms. The van der Waals surface area contributed by atoms with E-state index in [1.165, 1.54) is 0 Å². The molecule has 1 heterocycles. The van der Waals surface area contributed by atoms with E-state index in [1.54, 1.807) is 4.31 Å². The molecule has 1 fully saturated rings. The van der Waals surface area contributed by atoms with Crippen molar-refractivity contribution in [3.8, 4) is 0 Å². The third-order valence-corrected chi connectivity index (χ3v) is 5.37. The lowest BCUT2D eigenvalue weighted by atomic mass is 10.2. The van der Waals surface area contributed by atoms with Gasteiger partial charge in [-0.05, 0) is 32.4 Å². The second-order valence-corrected chi connectivity index (χ2v) is 6.99. The van der Waals surface area contributed by atoms with Gasteiger partial charge >= 0.3 is 0 Å². The summed E-state index contributed by atoms with van der Waals surface area (Å²) >= 11 is 0. The van der Waals surface area contributed by atoms with Gasteiger partial charge in [0.25, 0.3) is 0 Å². The Morgan fingerprint density at radius 2 is 1.72 bits per heavy atom. The largest absolute Gasteiger partial charge is 0.330 e. The van der Waals surface area contributed by atoms with Gasteiger partial charge in [0.1, 0.15) is 0 Å². The van der Waals surface area contributed by atoms with Gasteiger partial charge in [-0.2, -0.15) is 4.31 Å². The monoisotopic (exact) mass is 277 g/mol. The maximum absolute atomic E-state index is 12.0. The summed E-state index contributed by atoms with van der Waals surface area (Å²) in [5.74, 6) is 0.302. The molecule has 2 N–H and O–H groups in total. The third kappa shape index (κ3) is 5.22. The highest BCUT2D eigenvalue weighted by atomic mass is 32.2. The normalized spacial score (nSPS) is 19.2. The molecule has 0 bridgehead atoms. The van der Waals surface area contributed by atoms with Gasteiger partial charge in [-0.1, -0.05) is 13.3 Å². The first-order valence-electron chi connectivity index (χ1n) is 7.00. The number of hydrogen-bond donors (Lipinski definition) is 1. The summed E-state index contributed by atoms with van der Waals surface area (Å²) in [6.45, 7) is 6.81. The summed E-state index contributed by atoms with van der Waals surface area (Å²) in [7, 11) is -3.01. The van der Waals surface area contributed by atoms with Crippen molar-refractivity contribution in [3.05, 3.63) is 0 Å². The van der Waals surface area contributed by atoms with Crippen molar-refractivity contribution in [1.82, 2.24) is 9.21 Å². The molecule has 1 aliphatic rings. The highest BCUT2D eigenvalue weighted by Gasteiger charge is 2.25. The number of piperazine rings is 1. The molecule has 0 amide bonds. The van der Waals surface area contributed by atoms with E-state index in [-0.39, 0.29) is 0 Å². The lowest BCUT2D eigenvalue weighted by molar-refractivity contribution is 0.186. The maximum Gasteiger partial charge on any atom is 0.214 e. The molecule has 1 rings (SSSR count). The molecular formula is C12H27N3O2S. The molecule has 0 aliphatic carbocycles. The van der Waals surface area contributed by atoms with E-state index in [0.717, 1.165) is 51.9 Å². The van der Waals surface area contributed by atoms with Crippen molar-refractivity contribution in [2.45, 2.75) is 32.6 Å². The molecule has 18 heavy (non-hydrogen) atoms. The van der Waals surface area contributed by atoms with Crippen LogP contribution >= 0.6 is 0 Å². The van der Waals surface area contributed by atoms with E-state index < -0.39 is 10.0 Å².